The Morgan fingerprint density at radius 1 is 1.60 bits per heavy atom. The van der Waals surface area contributed by atoms with Crippen molar-refractivity contribution < 1.29 is 15.0 Å². The number of aromatic nitrogens is 3. The molecule has 0 saturated heterocycles. The van der Waals surface area contributed by atoms with Gasteiger partial charge in [-0.05, 0) is 19.3 Å². The lowest BCUT2D eigenvalue weighted by Crippen LogP contribution is -2.31. The van der Waals surface area contributed by atoms with E-state index in [4.69, 9.17) is 5.11 Å². The van der Waals surface area contributed by atoms with Crippen molar-refractivity contribution in [2.75, 3.05) is 0 Å². The van der Waals surface area contributed by atoms with Gasteiger partial charge in [-0.3, -0.25) is 4.68 Å². The first-order valence-electron chi connectivity index (χ1n) is 4.87. The maximum Gasteiger partial charge on any atom is 0.333 e. The lowest BCUT2D eigenvalue weighted by molar-refractivity contribution is -0.150. The Kier molecular flexibility index (Phi) is 2.44. The number of aliphatic hydroxyl groups is 1. The first kappa shape index (κ1) is 10.1. The van der Waals surface area contributed by atoms with Gasteiger partial charge in [-0.25, -0.2) is 9.78 Å². The quantitative estimate of drug-likeness (QED) is 0.709. The molecule has 1 atom stereocenters. The summed E-state index contributed by atoms with van der Waals surface area (Å²) in [7, 11) is 0. The number of carboxylic acid groups (broad SMARTS) is 1. The van der Waals surface area contributed by atoms with Crippen molar-refractivity contribution in [2.45, 2.75) is 31.9 Å². The molecule has 1 aliphatic carbocycles. The number of carbonyl (C=O) groups is 1. The molecule has 1 aromatic rings. The third kappa shape index (κ3) is 1.99. The van der Waals surface area contributed by atoms with E-state index < -0.39 is 17.5 Å². The van der Waals surface area contributed by atoms with Crippen molar-refractivity contribution in [3.63, 3.8) is 0 Å². The topological polar surface area (TPSA) is 88.2 Å². The smallest absolute Gasteiger partial charge is 0.333 e. The van der Waals surface area contributed by atoms with Crippen LogP contribution < -0.4 is 0 Å². The van der Waals surface area contributed by atoms with Gasteiger partial charge in [0.05, 0.1) is 0 Å². The van der Waals surface area contributed by atoms with E-state index in [9.17, 15) is 9.90 Å². The minimum Gasteiger partial charge on any atom is -0.479 e. The van der Waals surface area contributed by atoms with Gasteiger partial charge in [-0.2, -0.15) is 5.10 Å². The van der Waals surface area contributed by atoms with Gasteiger partial charge in [0.15, 0.2) is 6.10 Å². The Bertz CT molecular complexity index is 345. The maximum absolute atomic E-state index is 10.7. The van der Waals surface area contributed by atoms with Crippen molar-refractivity contribution in [1.29, 1.82) is 0 Å². The van der Waals surface area contributed by atoms with Crippen LogP contribution in [0.15, 0.2) is 12.7 Å². The molecule has 15 heavy (non-hydrogen) atoms. The average Bonchev–Trinajstić information content (AvgIpc) is 2.82. The van der Waals surface area contributed by atoms with Crippen molar-refractivity contribution >= 4 is 5.97 Å². The Morgan fingerprint density at radius 3 is 2.80 bits per heavy atom. The zero-order valence-electron chi connectivity index (χ0n) is 8.20. The van der Waals surface area contributed by atoms with Gasteiger partial charge in [-0.15, -0.1) is 0 Å². The number of rotatable bonds is 5. The molecular weight excluding hydrogens is 198 g/mol. The molecule has 0 aliphatic heterocycles. The lowest BCUT2D eigenvalue weighted by Gasteiger charge is -2.17. The summed E-state index contributed by atoms with van der Waals surface area (Å²) in [6.07, 6.45) is 3.95. The van der Waals surface area contributed by atoms with Crippen molar-refractivity contribution in [2.24, 2.45) is 5.41 Å². The Hall–Kier alpha value is -1.43. The molecule has 0 aromatic carbocycles. The first-order chi connectivity index (χ1) is 7.14. The fraction of sp³-hybridized carbons (Fsp3) is 0.667. The summed E-state index contributed by atoms with van der Waals surface area (Å²) < 4.78 is 1.65. The van der Waals surface area contributed by atoms with Crippen LogP contribution in [0.2, 0.25) is 0 Å². The van der Waals surface area contributed by atoms with E-state index in [0.29, 0.717) is 13.0 Å². The standard InChI is InChI=1S/C9H13N3O3/c13-7(8(14)15)9(1-2-9)3-4-12-6-10-5-11-12/h5-7,13H,1-4H2,(H,14,15). The lowest BCUT2D eigenvalue weighted by atomic mass is 9.95. The van der Waals surface area contributed by atoms with E-state index in [2.05, 4.69) is 10.1 Å². The van der Waals surface area contributed by atoms with Gasteiger partial charge in [0.25, 0.3) is 0 Å². The summed E-state index contributed by atoms with van der Waals surface area (Å²) in [4.78, 5) is 14.5. The molecule has 2 rings (SSSR count). The minimum atomic E-state index is -1.25. The third-order valence-corrected chi connectivity index (χ3v) is 3.01. The predicted octanol–water partition coefficient (Wildman–Crippen LogP) is -0.106. The number of aliphatic carboxylic acids is 1. The third-order valence-electron chi connectivity index (χ3n) is 3.01. The van der Waals surface area contributed by atoms with E-state index in [-0.39, 0.29) is 0 Å². The number of nitrogens with zero attached hydrogens (tertiary/aromatic N) is 3. The number of carboxylic acids is 1. The molecule has 6 heteroatoms. The number of aliphatic hydroxyl groups excluding tert-OH is 1. The molecule has 1 aliphatic rings. The minimum absolute atomic E-state index is 0.433. The van der Waals surface area contributed by atoms with Gasteiger partial charge >= 0.3 is 5.97 Å². The van der Waals surface area contributed by atoms with Gasteiger partial charge in [0.2, 0.25) is 0 Å². The normalized spacial score (nSPS) is 19.8. The number of hydrogen-bond donors (Lipinski definition) is 2. The van der Waals surface area contributed by atoms with Crippen LogP contribution in [0.25, 0.3) is 0 Å². The van der Waals surface area contributed by atoms with Crippen LogP contribution in [0.5, 0.6) is 0 Å². The number of aryl methyl sites for hydroxylation is 1. The highest BCUT2D eigenvalue weighted by Gasteiger charge is 2.51. The predicted molar refractivity (Wildman–Crippen MR) is 49.9 cm³/mol. The zero-order chi connectivity index (χ0) is 10.9. The summed E-state index contributed by atoms with van der Waals surface area (Å²) in [5.74, 6) is -1.13. The SMILES string of the molecule is O=C(O)C(O)C1(CCn2cncn2)CC1. The Morgan fingerprint density at radius 2 is 2.33 bits per heavy atom. The first-order valence-corrected chi connectivity index (χ1v) is 4.87. The molecule has 1 fully saturated rings. The zero-order valence-corrected chi connectivity index (χ0v) is 8.20. The van der Waals surface area contributed by atoms with Gasteiger partial charge in [-0.1, -0.05) is 0 Å². The van der Waals surface area contributed by atoms with Gasteiger partial charge < -0.3 is 10.2 Å². The maximum atomic E-state index is 10.7. The van der Waals surface area contributed by atoms with Crippen molar-refractivity contribution in [3.8, 4) is 0 Å². The highest BCUT2D eigenvalue weighted by molar-refractivity contribution is 5.73. The van der Waals surface area contributed by atoms with E-state index in [1.807, 2.05) is 0 Å². The summed E-state index contributed by atoms with van der Waals surface area (Å²) >= 11 is 0. The van der Waals surface area contributed by atoms with Crippen LogP contribution in [0.3, 0.4) is 0 Å². The summed E-state index contributed by atoms with van der Waals surface area (Å²) in [5, 5.41) is 22.2. The van der Waals surface area contributed by atoms with E-state index in [0.717, 1.165) is 12.8 Å². The second-order valence-electron chi connectivity index (χ2n) is 4.01. The van der Waals surface area contributed by atoms with Crippen LogP contribution >= 0.6 is 0 Å². The van der Waals surface area contributed by atoms with E-state index >= 15 is 0 Å². The fourth-order valence-electron chi connectivity index (χ4n) is 1.77. The summed E-state index contributed by atoms with van der Waals surface area (Å²) in [6, 6.07) is 0. The Balaban J connectivity index is 1.91. The van der Waals surface area contributed by atoms with Gasteiger partial charge in [0.1, 0.15) is 12.7 Å². The van der Waals surface area contributed by atoms with Crippen molar-refractivity contribution in [1.82, 2.24) is 14.8 Å². The van der Waals surface area contributed by atoms with Crippen LogP contribution in [-0.4, -0.2) is 37.1 Å². The molecule has 0 radical (unpaired) electrons. The molecule has 82 valence electrons. The highest BCUT2D eigenvalue weighted by atomic mass is 16.4. The second kappa shape index (κ2) is 3.62. The fourth-order valence-corrected chi connectivity index (χ4v) is 1.77. The molecule has 0 spiro atoms. The van der Waals surface area contributed by atoms with Crippen LogP contribution in [0.4, 0.5) is 0 Å². The molecule has 1 saturated carbocycles. The van der Waals surface area contributed by atoms with Crippen LogP contribution in [-0.2, 0) is 11.3 Å². The molecule has 2 N–H and O–H groups in total. The second-order valence-corrected chi connectivity index (χ2v) is 4.01. The molecule has 1 unspecified atom stereocenters. The molecular formula is C9H13N3O3. The van der Waals surface area contributed by atoms with Crippen LogP contribution in [0, 0.1) is 5.41 Å². The average molecular weight is 211 g/mol. The molecule has 6 nitrogen and oxygen atoms in total. The molecule has 0 amide bonds. The summed E-state index contributed by atoms with van der Waals surface area (Å²) in [6.45, 7) is 0.602. The van der Waals surface area contributed by atoms with Crippen molar-refractivity contribution in [3.05, 3.63) is 12.7 Å². The molecule has 1 aromatic heterocycles. The molecule has 1 heterocycles. The monoisotopic (exact) mass is 211 g/mol. The molecule has 0 bridgehead atoms. The van der Waals surface area contributed by atoms with E-state index in [1.165, 1.54) is 6.33 Å². The summed E-state index contributed by atoms with van der Waals surface area (Å²) in [5.41, 5.74) is -0.433. The largest absolute Gasteiger partial charge is 0.479 e. The van der Waals surface area contributed by atoms with Crippen LogP contribution in [0.1, 0.15) is 19.3 Å². The number of hydrogen-bond acceptors (Lipinski definition) is 4. The van der Waals surface area contributed by atoms with E-state index in [1.54, 1.807) is 11.0 Å². The Labute approximate surface area is 86.6 Å². The van der Waals surface area contributed by atoms with Gasteiger partial charge in [0, 0.05) is 12.0 Å². The highest BCUT2D eigenvalue weighted by Crippen LogP contribution is 2.52.